The molecule has 3 aromatic rings. The van der Waals surface area contributed by atoms with Crippen LogP contribution < -0.4 is 40.3 Å². The topological polar surface area (TPSA) is 124 Å². The summed E-state index contributed by atoms with van der Waals surface area (Å²) in [6.07, 6.45) is 1.63. The molecular weight excluding hydrogens is 562 g/mol. The van der Waals surface area contributed by atoms with Crippen LogP contribution in [0, 0.1) is 5.92 Å². The molecule has 234 valence electrons. The summed E-state index contributed by atoms with van der Waals surface area (Å²) in [5.41, 5.74) is 3.61. The van der Waals surface area contributed by atoms with Gasteiger partial charge >= 0.3 is 0 Å². The molecule has 1 aliphatic carbocycles. The van der Waals surface area contributed by atoms with Crippen molar-refractivity contribution in [1.82, 2.24) is 5.32 Å². The van der Waals surface area contributed by atoms with E-state index in [9.17, 15) is 14.4 Å². The van der Waals surface area contributed by atoms with E-state index in [1.807, 2.05) is 26.0 Å². The van der Waals surface area contributed by atoms with Crippen molar-refractivity contribution in [2.24, 2.45) is 5.92 Å². The average Bonchev–Trinajstić information content (AvgIpc) is 3.24. The zero-order valence-corrected chi connectivity index (χ0v) is 26.3. The summed E-state index contributed by atoms with van der Waals surface area (Å²) in [6.45, 7) is 5.49. The Balaban J connectivity index is 1.82. The minimum absolute atomic E-state index is 0.168. The lowest BCUT2D eigenvalue weighted by Crippen LogP contribution is -2.37. The van der Waals surface area contributed by atoms with Gasteiger partial charge in [0.05, 0.1) is 40.2 Å². The predicted molar refractivity (Wildman–Crippen MR) is 171 cm³/mol. The smallest absolute Gasteiger partial charge is 0.246 e. The van der Waals surface area contributed by atoms with Crippen molar-refractivity contribution >= 4 is 23.2 Å². The lowest BCUT2D eigenvalue weighted by Gasteiger charge is -2.21. The zero-order chi connectivity index (χ0) is 32.0. The van der Waals surface area contributed by atoms with Crippen LogP contribution in [0.15, 0.2) is 53.3 Å². The molecule has 0 spiro atoms. The Morgan fingerprint density at radius 1 is 0.909 bits per heavy atom. The van der Waals surface area contributed by atoms with E-state index in [1.165, 1.54) is 13.0 Å². The first-order valence-corrected chi connectivity index (χ1v) is 14.6. The number of carbonyl (C=O) groups is 2. The largest absolute Gasteiger partial charge is 0.497 e. The van der Waals surface area contributed by atoms with Crippen LogP contribution in [-0.4, -0.2) is 46.3 Å². The second-order valence-corrected chi connectivity index (χ2v) is 11.1. The van der Waals surface area contributed by atoms with Crippen LogP contribution in [0.2, 0.25) is 0 Å². The van der Waals surface area contributed by atoms with Crippen molar-refractivity contribution in [2.45, 2.75) is 52.1 Å². The molecule has 10 nitrogen and oxygen atoms in total. The van der Waals surface area contributed by atoms with Gasteiger partial charge < -0.3 is 34.9 Å². The van der Waals surface area contributed by atoms with Crippen LogP contribution >= 0.6 is 0 Å². The van der Waals surface area contributed by atoms with Crippen LogP contribution in [0.3, 0.4) is 0 Å². The third-order valence-electron chi connectivity index (χ3n) is 7.63. The fourth-order valence-corrected chi connectivity index (χ4v) is 5.62. The maximum atomic E-state index is 13.8. The number of fused-ring (bicyclic) bond motifs is 3. The van der Waals surface area contributed by atoms with Crippen LogP contribution in [0.25, 0.3) is 11.1 Å². The fourth-order valence-electron chi connectivity index (χ4n) is 5.62. The fraction of sp³-hybridized carbons (Fsp3) is 0.382. The summed E-state index contributed by atoms with van der Waals surface area (Å²) in [5.74, 6) is 1.79. The molecule has 1 aliphatic rings. The van der Waals surface area contributed by atoms with Crippen LogP contribution in [-0.2, 0) is 16.0 Å². The molecule has 0 aliphatic heterocycles. The van der Waals surface area contributed by atoms with Gasteiger partial charge in [-0.15, -0.1) is 0 Å². The van der Waals surface area contributed by atoms with E-state index in [-0.39, 0.29) is 28.8 Å². The van der Waals surface area contributed by atoms with E-state index in [2.05, 4.69) is 16.0 Å². The number of carbonyl (C=O) groups excluding carboxylic acids is 2. The third kappa shape index (κ3) is 7.07. The standard InChI is InChI=1S/C34H41N3O7/c1-19(2)16-28(34(40)36-22-9-11-23(41-4)12-10-22)37-27-15-13-24-25(18-29(27)39)26(35-20(3)38)14-8-21-17-30(42-5)32(43-6)33(44-7)31(21)24/h9-13,15,17-19,26,28H,8,14,16H2,1-7H3,(H,35,38)(H,36,40)(H,37,39). The van der Waals surface area contributed by atoms with E-state index in [0.717, 1.165) is 11.1 Å². The number of aryl methyl sites for hydroxylation is 1. The summed E-state index contributed by atoms with van der Waals surface area (Å²) in [4.78, 5) is 39.5. The van der Waals surface area contributed by atoms with Gasteiger partial charge in [0.25, 0.3) is 0 Å². The van der Waals surface area contributed by atoms with Crippen molar-refractivity contribution in [3.63, 3.8) is 0 Å². The van der Waals surface area contributed by atoms with E-state index >= 15 is 0 Å². The number of methoxy groups -OCH3 is 4. The monoisotopic (exact) mass is 603 g/mol. The van der Waals surface area contributed by atoms with Crippen molar-refractivity contribution in [3.8, 4) is 34.1 Å². The van der Waals surface area contributed by atoms with Gasteiger partial charge in [0.1, 0.15) is 11.8 Å². The second-order valence-electron chi connectivity index (χ2n) is 11.1. The molecule has 10 heteroatoms. The SMILES string of the molecule is COc1ccc(NC(=O)C(CC(C)C)Nc2ccc3c(cc2=O)C(NC(C)=O)CCc2cc(OC)c(OC)c(OC)c2-3)cc1. The maximum absolute atomic E-state index is 13.8. The summed E-state index contributed by atoms with van der Waals surface area (Å²) in [5, 5.41) is 9.17. The van der Waals surface area contributed by atoms with E-state index in [1.54, 1.807) is 58.8 Å². The first-order valence-electron chi connectivity index (χ1n) is 14.6. The highest BCUT2D eigenvalue weighted by atomic mass is 16.5. The Bertz CT molecular complexity index is 1570. The summed E-state index contributed by atoms with van der Waals surface area (Å²) < 4.78 is 22.3. The normalized spacial score (nSPS) is 14.3. The Morgan fingerprint density at radius 2 is 1.61 bits per heavy atom. The second kappa shape index (κ2) is 14.2. The Labute approximate surface area is 258 Å². The molecule has 4 rings (SSSR count). The summed E-state index contributed by atoms with van der Waals surface area (Å²) in [7, 11) is 6.24. The third-order valence-corrected chi connectivity index (χ3v) is 7.63. The summed E-state index contributed by atoms with van der Waals surface area (Å²) in [6, 6.07) is 12.9. The lowest BCUT2D eigenvalue weighted by atomic mass is 9.95. The van der Waals surface area contributed by atoms with Crippen molar-refractivity contribution < 1.29 is 28.5 Å². The highest BCUT2D eigenvalue weighted by molar-refractivity contribution is 5.96. The molecule has 2 unspecified atom stereocenters. The van der Waals surface area contributed by atoms with Crippen LogP contribution in [0.1, 0.15) is 50.8 Å². The molecule has 2 atom stereocenters. The quantitative estimate of drug-likeness (QED) is 0.269. The number of nitrogens with one attached hydrogen (secondary N) is 3. The Hall–Kier alpha value is -4.73. The highest BCUT2D eigenvalue weighted by Crippen LogP contribution is 2.50. The van der Waals surface area contributed by atoms with Gasteiger partial charge in [0.15, 0.2) is 11.5 Å². The number of anilines is 2. The molecule has 3 aromatic carbocycles. The number of benzene rings is 2. The molecule has 0 radical (unpaired) electrons. The molecular formula is C34H41N3O7. The molecule has 0 fully saturated rings. The molecule has 0 saturated carbocycles. The Morgan fingerprint density at radius 3 is 2.20 bits per heavy atom. The molecule has 0 saturated heterocycles. The van der Waals surface area contributed by atoms with Gasteiger partial charge in [0.2, 0.25) is 23.0 Å². The lowest BCUT2D eigenvalue weighted by molar-refractivity contribution is -0.120. The number of ether oxygens (including phenoxy) is 4. The van der Waals surface area contributed by atoms with Crippen molar-refractivity contribution in [1.29, 1.82) is 0 Å². The maximum Gasteiger partial charge on any atom is 0.246 e. The average molecular weight is 604 g/mol. The number of hydrogen-bond acceptors (Lipinski definition) is 8. The minimum Gasteiger partial charge on any atom is -0.497 e. The predicted octanol–water partition coefficient (Wildman–Crippen LogP) is 5.34. The van der Waals surface area contributed by atoms with Gasteiger partial charge in [-0.1, -0.05) is 19.9 Å². The number of rotatable bonds is 11. The highest BCUT2D eigenvalue weighted by Gasteiger charge is 2.30. The molecule has 2 amide bonds. The Kier molecular flexibility index (Phi) is 10.4. The number of hydrogen-bond donors (Lipinski definition) is 3. The van der Waals surface area contributed by atoms with Crippen LogP contribution in [0.5, 0.6) is 23.0 Å². The molecule has 0 bridgehead atoms. The van der Waals surface area contributed by atoms with Gasteiger partial charge in [0, 0.05) is 18.2 Å². The van der Waals surface area contributed by atoms with Crippen LogP contribution in [0.4, 0.5) is 11.4 Å². The van der Waals surface area contributed by atoms with Gasteiger partial charge in [-0.3, -0.25) is 14.4 Å². The van der Waals surface area contributed by atoms with E-state index < -0.39 is 12.1 Å². The van der Waals surface area contributed by atoms with Crippen molar-refractivity contribution in [3.05, 3.63) is 69.9 Å². The van der Waals surface area contributed by atoms with E-state index in [0.29, 0.717) is 59.1 Å². The minimum atomic E-state index is -0.690. The molecule has 0 heterocycles. The zero-order valence-electron chi connectivity index (χ0n) is 26.3. The molecule has 3 N–H and O–H groups in total. The summed E-state index contributed by atoms with van der Waals surface area (Å²) >= 11 is 0. The van der Waals surface area contributed by atoms with Gasteiger partial charge in [-0.25, -0.2) is 0 Å². The van der Waals surface area contributed by atoms with Crippen molar-refractivity contribution in [2.75, 3.05) is 39.1 Å². The van der Waals surface area contributed by atoms with Gasteiger partial charge in [-0.2, -0.15) is 0 Å². The first kappa shape index (κ1) is 32.2. The number of amides is 2. The first-order chi connectivity index (χ1) is 21.1. The molecule has 0 aromatic heterocycles. The van der Waals surface area contributed by atoms with Gasteiger partial charge in [-0.05, 0) is 84.3 Å². The van der Waals surface area contributed by atoms with E-state index in [4.69, 9.17) is 18.9 Å². The molecule has 44 heavy (non-hydrogen) atoms.